The summed E-state index contributed by atoms with van der Waals surface area (Å²) in [6, 6.07) is 10.9. The van der Waals surface area contributed by atoms with E-state index < -0.39 is 11.8 Å². The fraction of sp³-hybridized carbons (Fsp3) is 0.176. The van der Waals surface area contributed by atoms with Crippen LogP contribution >= 0.6 is 15.9 Å². The molecule has 5 heteroatoms. The van der Waals surface area contributed by atoms with Gasteiger partial charge >= 0.3 is 11.8 Å². The lowest BCUT2D eigenvalue weighted by Crippen LogP contribution is -2.29. The van der Waals surface area contributed by atoms with Crippen molar-refractivity contribution in [2.45, 2.75) is 20.8 Å². The van der Waals surface area contributed by atoms with Crippen molar-refractivity contribution in [2.24, 2.45) is 0 Å². The van der Waals surface area contributed by atoms with Gasteiger partial charge in [0.15, 0.2) is 0 Å². The molecule has 2 aromatic rings. The molecule has 0 aliphatic carbocycles. The molecule has 0 unspecified atom stereocenters. The summed E-state index contributed by atoms with van der Waals surface area (Å²) in [5.74, 6) is -1.39. The van der Waals surface area contributed by atoms with Gasteiger partial charge in [-0.3, -0.25) is 9.59 Å². The standard InChI is InChI=1S/C17H17BrN2O2/c1-10-4-5-13(8-11(10)2)19-16(21)17(22)20-14-6-7-15(18)12(3)9-14/h4-9H,1-3H3,(H,19,21)(H,20,22). The van der Waals surface area contributed by atoms with Gasteiger partial charge in [0.2, 0.25) is 0 Å². The molecule has 22 heavy (non-hydrogen) atoms. The van der Waals surface area contributed by atoms with Crippen molar-refractivity contribution in [2.75, 3.05) is 10.6 Å². The van der Waals surface area contributed by atoms with E-state index in [0.29, 0.717) is 11.4 Å². The minimum atomic E-state index is -0.694. The third-order valence-corrected chi connectivity index (χ3v) is 4.28. The van der Waals surface area contributed by atoms with Crippen LogP contribution in [-0.4, -0.2) is 11.8 Å². The number of nitrogens with one attached hydrogen (secondary N) is 2. The Morgan fingerprint density at radius 2 is 1.27 bits per heavy atom. The number of rotatable bonds is 2. The number of amides is 2. The molecule has 0 aliphatic rings. The molecule has 0 fully saturated rings. The topological polar surface area (TPSA) is 58.2 Å². The van der Waals surface area contributed by atoms with Crippen LogP contribution in [-0.2, 0) is 9.59 Å². The van der Waals surface area contributed by atoms with Crippen LogP contribution in [0.3, 0.4) is 0 Å². The molecule has 0 saturated heterocycles. The largest absolute Gasteiger partial charge is 0.318 e. The second-order valence-corrected chi connectivity index (χ2v) is 6.03. The van der Waals surface area contributed by atoms with Gasteiger partial charge in [-0.05, 0) is 67.8 Å². The molecule has 0 aliphatic heterocycles. The average molecular weight is 361 g/mol. The first-order chi connectivity index (χ1) is 10.4. The molecular formula is C17H17BrN2O2. The van der Waals surface area contributed by atoms with Gasteiger partial charge in [-0.15, -0.1) is 0 Å². The van der Waals surface area contributed by atoms with Crippen molar-refractivity contribution in [1.82, 2.24) is 0 Å². The molecule has 0 aromatic heterocycles. The number of benzene rings is 2. The predicted molar refractivity (Wildman–Crippen MR) is 92.1 cm³/mol. The summed E-state index contributed by atoms with van der Waals surface area (Å²) in [6.45, 7) is 5.86. The Morgan fingerprint density at radius 1 is 0.773 bits per heavy atom. The van der Waals surface area contributed by atoms with E-state index in [4.69, 9.17) is 0 Å². The molecule has 0 saturated carbocycles. The van der Waals surface area contributed by atoms with Crippen molar-refractivity contribution >= 4 is 39.1 Å². The SMILES string of the molecule is Cc1ccc(NC(=O)C(=O)Nc2ccc(Br)c(C)c2)cc1C. The molecule has 2 amide bonds. The fourth-order valence-corrected chi connectivity index (χ4v) is 2.16. The van der Waals surface area contributed by atoms with Gasteiger partial charge in [0.25, 0.3) is 0 Å². The Bertz CT molecular complexity index is 678. The minimum Gasteiger partial charge on any atom is -0.318 e. The van der Waals surface area contributed by atoms with Gasteiger partial charge in [0, 0.05) is 15.8 Å². The van der Waals surface area contributed by atoms with Crippen LogP contribution < -0.4 is 10.6 Å². The van der Waals surface area contributed by atoms with E-state index in [9.17, 15) is 9.59 Å². The molecule has 0 radical (unpaired) electrons. The van der Waals surface area contributed by atoms with E-state index in [2.05, 4.69) is 26.6 Å². The van der Waals surface area contributed by atoms with Crippen LogP contribution in [0.15, 0.2) is 40.9 Å². The molecule has 4 nitrogen and oxygen atoms in total. The Hall–Kier alpha value is -2.14. The van der Waals surface area contributed by atoms with Crippen LogP contribution in [0, 0.1) is 20.8 Å². The lowest BCUT2D eigenvalue weighted by Gasteiger charge is -2.09. The highest BCUT2D eigenvalue weighted by Gasteiger charge is 2.14. The lowest BCUT2D eigenvalue weighted by atomic mass is 10.1. The summed E-state index contributed by atoms with van der Waals surface area (Å²) in [4.78, 5) is 23.9. The Kier molecular flexibility index (Phi) is 4.98. The van der Waals surface area contributed by atoms with Crippen molar-refractivity contribution in [1.29, 1.82) is 0 Å². The van der Waals surface area contributed by atoms with Crippen molar-refractivity contribution < 1.29 is 9.59 Å². The van der Waals surface area contributed by atoms with E-state index in [1.165, 1.54) is 0 Å². The van der Waals surface area contributed by atoms with E-state index in [1.807, 2.05) is 39.0 Å². The molecule has 0 atom stereocenters. The zero-order valence-corrected chi connectivity index (χ0v) is 14.2. The van der Waals surface area contributed by atoms with Gasteiger partial charge in [-0.2, -0.15) is 0 Å². The molecule has 0 bridgehead atoms. The summed E-state index contributed by atoms with van der Waals surface area (Å²) in [5, 5.41) is 5.18. The second-order valence-electron chi connectivity index (χ2n) is 5.17. The van der Waals surface area contributed by atoms with E-state index in [-0.39, 0.29) is 0 Å². The summed E-state index contributed by atoms with van der Waals surface area (Å²) in [7, 11) is 0. The van der Waals surface area contributed by atoms with Gasteiger partial charge in [0.1, 0.15) is 0 Å². The molecular weight excluding hydrogens is 344 g/mol. The highest BCUT2D eigenvalue weighted by Crippen LogP contribution is 2.20. The number of hydrogen-bond donors (Lipinski definition) is 2. The van der Waals surface area contributed by atoms with E-state index >= 15 is 0 Å². The third kappa shape index (κ3) is 3.95. The average Bonchev–Trinajstić information content (AvgIpc) is 2.46. The number of carbonyl (C=O) groups excluding carboxylic acids is 2. The van der Waals surface area contributed by atoms with Crippen LogP contribution in [0.2, 0.25) is 0 Å². The molecule has 114 valence electrons. The monoisotopic (exact) mass is 360 g/mol. The Balaban J connectivity index is 2.04. The van der Waals surface area contributed by atoms with Crippen molar-refractivity contribution in [3.63, 3.8) is 0 Å². The maximum atomic E-state index is 11.9. The summed E-state index contributed by atoms with van der Waals surface area (Å²) < 4.78 is 0.949. The Labute approximate surface area is 138 Å². The maximum Gasteiger partial charge on any atom is 0.314 e. The van der Waals surface area contributed by atoms with Crippen LogP contribution in [0.4, 0.5) is 11.4 Å². The molecule has 0 spiro atoms. The first-order valence-corrected chi connectivity index (χ1v) is 7.62. The zero-order chi connectivity index (χ0) is 16.3. The molecule has 0 heterocycles. The minimum absolute atomic E-state index is 0.584. The van der Waals surface area contributed by atoms with E-state index in [0.717, 1.165) is 21.2 Å². The predicted octanol–water partition coefficient (Wildman–Crippen LogP) is 3.95. The van der Waals surface area contributed by atoms with Gasteiger partial charge in [-0.25, -0.2) is 0 Å². The van der Waals surface area contributed by atoms with E-state index in [1.54, 1.807) is 18.2 Å². The number of aryl methyl sites for hydroxylation is 3. The van der Waals surface area contributed by atoms with Crippen LogP contribution in [0.5, 0.6) is 0 Å². The summed E-state index contributed by atoms with van der Waals surface area (Å²) in [6.07, 6.45) is 0. The van der Waals surface area contributed by atoms with Crippen molar-refractivity contribution in [3.05, 3.63) is 57.6 Å². The fourth-order valence-electron chi connectivity index (χ4n) is 1.92. The molecule has 2 aromatic carbocycles. The first kappa shape index (κ1) is 16.2. The molecule has 2 N–H and O–H groups in total. The second kappa shape index (κ2) is 6.75. The number of carbonyl (C=O) groups is 2. The van der Waals surface area contributed by atoms with Gasteiger partial charge < -0.3 is 10.6 Å². The normalized spacial score (nSPS) is 10.2. The van der Waals surface area contributed by atoms with Crippen molar-refractivity contribution in [3.8, 4) is 0 Å². The van der Waals surface area contributed by atoms with Gasteiger partial charge in [0.05, 0.1) is 0 Å². The Morgan fingerprint density at radius 3 is 1.77 bits per heavy atom. The quantitative estimate of drug-likeness (QED) is 0.796. The first-order valence-electron chi connectivity index (χ1n) is 6.82. The maximum absolute atomic E-state index is 11.9. The number of hydrogen-bond acceptors (Lipinski definition) is 2. The van der Waals surface area contributed by atoms with Crippen LogP contribution in [0.1, 0.15) is 16.7 Å². The highest BCUT2D eigenvalue weighted by molar-refractivity contribution is 9.10. The number of anilines is 2. The van der Waals surface area contributed by atoms with Crippen LogP contribution in [0.25, 0.3) is 0 Å². The summed E-state index contributed by atoms with van der Waals surface area (Å²) >= 11 is 3.39. The van der Waals surface area contributed by atoms with Gasteiger partial charge in [-0.1, -0.05) is 22.0 Å². The number of halogens is 1. The highest BCUT2D eigenvalue weighted by atomic mass is 79.9. The summed E-state index contributed by atoms with van der Waals surface area (Å²) in [5.41, 5.74) is 4.36. The lowest BCUT2D eigenvalue weighted by molar-refractivity contribution is -0.132. The smallest absolute Gasteiger partial charge is 0.314 e. The third-order valence-electron chi connectivity index (χ3n) is 3.39. The zero-order valence-electron chi connectivity index (χ0n) is 12.7. The molecule has 2 rings (SSSR count).